The van der Waals surface area contributed by atoms with Crippen molar-refractivity contribution in [1.82, 2.24) is 15.0 Å². The lowest BCUT2D eigenvalue weighted by molar-refractivity contribution is 0.669. The molecular weight excluding hydrogens is 863 g/mol. The number of hydrogen-bond acceptors (Lipinski definition) is 6. The Labute approximate surface area is 400 Å². The second-order valence-electron chi connectivity index (χ2n) is 17.5. The van der Waals surface area contributed by atoms with Crippen LogP contribution < -0.4 is 0 Å². The lowest BCUT2D eigenvalue weighted by Gasteiger charge is -2.13. The number of rotatable bonds is 7. The van der Waals surface area contributed by atoms with E-state index in [0.717, 1.165) is 105 Å². The summed E-state index contributed by atoms with van der Waals surface area (Å²) < 4.78 is 15.8. The Balaban J connectivity index is 0.987. The topological polar surface area (TPSA) is 65.0 Å². The van der Waals surface area contributed by atoms with E-state index in [1.165, 1.54) is 20.2 Å². The molecule has 0 aliphatic carbocycles. The zero-order valence-corrected chi connectivity index (χ0v) is 37.7. The Bertz CT molecular complexity index is 4220. The summed E-state index contributed by atoms with van der Waals surface area (Å²) in [6, 6.07) is 78.6. The van der Waals surface area contributed by atoms with Gasteiger partial charge in [-0.15, -0.1) is 11.3 Å². The molecular formula is C63H37N3O2S. The minimum Gasteiger partial charge on any atom is -0.456 e. The van der Waals surface area contributed by atoms with Gasteiger partial charge >= 0.3 is 0 Å². The quantitative estimate of drug-likeness (QED) is 0.159. The first-order chi connectivity index (χ1) is 34.2. The van der Waals surface area contributed by atoms with E-state index in [-0.39, 0.29) is 0 Å². The van der Waals surface area contributed by atoms with E-state index in [4.69, 9.17) is 23.8 Å². The molecule has 6 heteroatoms. The van der Waals surface area contributed by atoms with Gasteiger partial charge in [0.25, 0.3) is 0 Å². The number of aromatic nitrogens is 3. The summed E-state index contributed by atoms with van der Waals surface area (Å²) in [6.45, 7) is 0. The van der Waals surface area contributed by atoms with Gasteiger partial charge in [0, 0.05) is 64.0 Å². The fourth-order valence-electron chi connectivity index (χ4n) is 10.1. The van der Waals surface area contributed by atoms with Crippen molar-refractivity contribution in [3.63, 3.8) is 0 Å². The van der Waals surface area contributed by atoms with Crippen molar-refractivity contribution in [1.29, 1.82) is 0 Å². The van der Waals surface area contributed by atoms with Crippen LogP contribution in [0.4, 0.5) is 0 Å². The molecule has 0 bridgehead atoms. The van der Waals surface area contributed by atoms with E-state index in [1.807, 2.05) is 47.7 Å². The van der Waals surface area contributed by atoms with Gasteiger partial charge in [-0.05, 0) is 93.5 Å². The second kappa shape index (κ2) is 15.8. The standard InChI is InChI=1S/C63H37N3O2S/c1-3-14-38(15-4-1)40-18-11-20-44(34-40)61-64-62(45-21-12-19-41(35-45)39-16-5-2-6-17-39)66-63(65-61)50-24-13-26-54-59(50)51-36-43(29-32-53(51)68-54)58-46(31-33-55-60(58)49-23-7-9-25-52(49)67-55)42-28-30-48-47-22-8-10-27-56(47)69-57(48)37-42/h1-37H. The van der Waals surface area contributed by atoms with Crippen molar-refractivity contribution in [2.45, 2.75) is 0 Å². The third kappa shape index (κ3) is 6.64. The predicted octanol–water partition coefficient (Wildman–Crippen LogP) is 17.7. The lowest BCUT2D eigenvalue weighted by atomic mass is 9.89. The third-order valence-electron chi connectivity index (χ3n) is 13.3. The Morgan fingerprint density at radius 1 is 0.275 bits per heavy atom. The molecule has 5 nitrogen and oxygen atoms in total. The Hall–Kier alpha value is -8.97. The molecule has 0 saturated carbocycles. The van der Waals surface area contributed by atoms with E-state index >= 15 is 0 Å². The second-order valence-corrected chi connectivity index (χ2v) is 18.5. The number of hydrogen-bond donors (Lipinski definition) is 0. The van der Waals surface area contributed by atoms with Crippen LogP contribution in [0.3, 0.4) is 0 Å². The van der Waals surface area contributed by atoms with Crippen molar-refractivity contribution in [2.75, 3.05) is 0 Å². The molecule has 0 aliphatic heterocycles. The summed E-state index contributed by atoms with van der Waals surface area (Å²) >= 11 is 1.83. The van der Waals surface area contributed by atoms with Crippen LogP contribution in [0, 0.1) is 0 Å². The highest BCUT2D eigenvalue weighted by atomic mass is 32.1. The fraction of sp³-hybridized carbons (Fsp3) is 0. The first-order valence-corrected chi connectivity index (χ1v) is 23.9. The highest BCUT2D eigenvalue weighted by Crippen LogP contribution is 2.47. The number of furan rings is 2. The number of para-hydroxylation sites is 1. The van der Waals surface area contributed by atoms with E-state index in [2.05, 4.69) is 188 Å². The maximum Gasteiger partial charge on any atom is 0.164 e. The molecule has 0 fully saturated rings. The van der Waals surface area contributed by atoms with E-state index in [1.54, 1.807) is 0 Å². The minimum absolute atomic E-state index is 0.559. The Morgan fingerprint density at radius 2 is 0.812 bits per heavy atom. The lowest BCUT2D eigenvalue weighted by Crippen LogP contribution is -2.00. The summed E-state index contributed by atoms with van der Waals surface area (Å²) in [6.07, 6.45) is 0. The summed E-state index contributed by atoms with van der Waals surface area (Å²) in [5, 5.41) is 6.61. The van der Waals surface area contributed by atoms with Gasteiger partial charge in [-0.3, -0.25) is 0 Å². The molecule has 0 amide bonds. The largest absolute Gasteiger partial charge is 0.456 e. The van der Waals surface area contributed by atoms with Gasteiger partial charge in [0.1, 0.15) is 22.3 Å². The highest BCUT2D eigenvalue weighted by molar-refractivity contribution is 7.25. The molecule has 14 aromatic rings. The molecule has 4 aromatic heterocycles. The SMILES string of the molecule is c1ccc(-c2cccc(-c3nc(-c4cccc(-c5ccccc5)c4)nc(-c4cccc5oc6ccc(-c7c(-c8ccc9c(c8)sc8ccccc89)ccc8oc9ccccc9c78)cc6c45)n3)c2)cc1. The van der Waals surface area contributed by atoms with Gasteiger partial charge in [0.15, 0.2) is 17.5 Å². The highest BCUT2D eigenvalue weighted by Gasteiger charge is 2.22. The summed E-state index contributed by atoms with van der Waals surface area (Å²) in [5.74, 6) is 1.73. The maximum atomic E-state index is 6.71. The van der Waals surface area contributed by atoms with Crippen molar-refractivity contribution >= 4 is 75.4 Å². The molecule has 10 aromatic carbocycles. The molecule has 0 N–H and O–H groups in total. The molecule has 0 unspecified atom stereocenters. The van der Waals surface area contributed by atoms with Crippen molar-refractivity contribution in [3.8, 4) is 78.7 Å². The fourth-order valence-corrected chi connectivity index (χ4v) is 11.3. The summed E-state index contributed by atoms with van der Waals surface area (Å²) in [4.78, 5) is 15.9. The van der Waals surface area contributed by atoms with Crippen LogP contribution in [0.5, 0.6) is 0 Å². The molecule has 0 spiro atoms. The third-order valence-corrected chi connectivity index (χ3v) is 14.5. The van der Waals surface area contributed by atoms with Gasteiger partial charge in [-0.2, -0.15) is 0 Å². The first kappa shape index (κ1) is 39.2. The zero-order chi connectivity index (χ0) is 45.4. The van der Waals surface area contributed by atoms with Crippen LogP contribution in [0.1, 0.15) is 0 Å². The summed E-state index contributed by atoms with van der Waals surface area (Å²) in [7, 11) is 0. The van der Waals surface area contributed by atoms with E-state index in [0.29, 0.717) is 17.5 Å². The normalized spacial score (nSPS) is 11.8. The van der Waals surface area contributed by atoms with Gasteiger partial charge < -0.3 is 8.83 Å². The predicted molar refractivity (Wildman–Crippen MR) is 285 cm³/mol. The van der Waals surface area contributed by atoms with E-state index in [9.17, 15) is 0 Å². The number of nitrogens with zero attached hydrogens (tertiary/aromatic N) is 3. The molecule has 0 radical (unpaired) electrons. The maximum absolute atomic E-state index is 6.71. The van der Waals surface area contributed by atoms with Crippen LogP contribution in [0.2, 0.25) is 0 Å². The van der Waals surface area contributed by atoms with E-state index < -0.39 is 0 Å². The molecule has 0 saturated heterocycles. The first-order valence-electron chi connectivity index (χ1n) is 23.1. The van der Waals surface area contributed by atoms with Gasteiger partial charge in [0.05, 0.1) is 0 Å². The average Bonchev–Trinajstić information content (AvgIpc) is 4.12. The summed E-state index contributed by atoms with van der Waals surface area (Å²) in [5.41, 5.74) is 14.7. The monoisotopic (exact) mass is 899 g/mol. The van der Waals surface area contributed by atoms with Crippen LogP contribution in [-0.4, -0.2) is 15.0 Å². The molecule has 0 aliphatic rings. The Kier molecular flexibility index (Phi) is 9.00. The molecule has 69 heavy (non-hydrogen) atoms. The molecule has 14 rings (SSSR count). The smallest absolute Gasteiger partial charge is 0.164 e. The van der Waals surface area contributed by atoms with Crippen molar-refractivity contribution in [3.05, 3.63) is 224 Å². The van der Waals surface area contributed by atoms with Crippen LogP contribution in [-0.2, 0) is 0 Å². The van der Waals surface area contributed by atoms with Gasteiger partial charge in [-0.25, -0.2) is 15.0 Å². The van der Waals surface area contributed by atoms with Gasteiger partial charge in [0.2, 0.25) is 0 Å². The zero-order valence-electron chi connectivity index (χ0n) is 36.9. The molecule has 322 valence electrons. The van der Waals surface area contributed by atoms with Crippen LogP contribution in [0.25, 0.3) is 143 Å². The molecule has 4 heterocycles. The molecule has 0 atom stereocenters. The average molecular weight is 900 g/mol. The van der Waals surface area contributed by atoms with Gasteiger partial charge in [-0.1, -0.05) is 170 Å². The van der Waals surface area contributed by atoms with Crippen molar-refractivity contribution in [2.24, 2.45) is 0 Å². The van der Waals surface area contributed by atoms with Crippen LogP contribution in [0.15, 0.2) is 233 Å². The number of thiophene rings is 1. The number of fused-ring (bicyclic) bond motifs is 9. The van der Waals surface area contributed by atoms with Crippen molar-refractivity contribution < 1.29 is 8.83 Å². The Morgan fingerprint density at radius 3 is 1.55 bits per heavy atom. The number of benzene rings is 10. The van der Waals surface area contributed by atoms with Crippen LogP contribution >= 0.6 is 11.3 Å². The minimum atomic E-state index is 0.559.